The predicted molar refractivity (Wildman–Crippen MR) is 135 cm³/mol. The summed E-state index contributed by atoms with van der Waals surface area (Å²) < 4.78 is 5.95. The van der Waals surface area contributed by atoms with E-state index in [0.717, 1.165) is 41.8 Å². The fourth-order valence-corrected chi connectivity index (χ4v) is 5.28. The second-order valence-electron chi connectivity index (χ2n) is 8.44. The van der Waals surface area contributed by atoms with Crippen LogP contribution in [0.4, 0.5) is 5.95 Å². The molecule has 3 heterocycles. The molecule has 0 spiro atoms. The van der Waals surface area contributed by atoms with Gasteiger partial charge in [0.25, 0.3) is 5.56 Å². The van der Waals surface area contributed by atoms with Crippen LogP contribution in [0.15, 0.2) is 64.8 Å². The first-order valence-corrected chi connectivity index (χ1v) is 12.2. The van der Waals surface area contributed by atoms with Crippen LogP contribution in [0, 0.1) is 5.92 Å². The monoisotopic (exact) mass is 474 g/mol. The zero-order valence-electron chi connectivity index (χ0n) is 18.9. The number of carbonyl (C=O) groups excluding carboxylic acids is 1. The summed E-state index contributed by atoms with van der Waals surface area (Å²) in [6, 6.07) is 17.6. The number of piperidine rings is 1. The lowest BCUT2D eigenvalue weighted by molar-refractivity contribution is -0.125. The molecule has 1 unspecified atom stereocenters. The molecule has 1 atom stereocenters. The van der Waals surface area contributed by atoms with Crippen molar-refractivity contribution in [3.8, 4) is 16.9 Å². The second kappa shape index (κ2) is 9.69. The number of aromatic amines is 1. The zero-order chi connectivity index (χ0) is 23.5. The molecule has 174 valence electrons. The van der Waals surface area contributed by atoms with Crippen LogP contribution in [0.1, 0.15) is 18.4 Å². The van der Waals surface area contributed by atoms with E-state index in [4.69, 9.17) is 9.72 Å². The fourth-order valence-electron chi connectivity index (χ4n) is 4.37. The molecule has 0 bridgehead atoms. The van der Waals surface area contributed by atoms with Gasteiger partial charge in [0.15, 0.2) is 0 Å². The van der Waals surface area contributed by atoms with Gasteiger partial charge in [0.1, 0.15) is 10.4 Å². The maximum atomic E-state index is 12.9. The van der Waals surface area contributed by atoms with Gasteiger partial charge in [0, 0.05) is 30.6 Å². The maximum absolute atomic E-state index is 12.9. The van der Waals surface area contributed by atoms with E-state index in [-0.39, 0.29) is 17.4 Å². The highest BCUT2D eigenvalue weighted by atomic mass is 32.1. The van der Waals surface area contributed by atoms with Crippen LogP contribution in [0.3, 0.4) is 0 Å². The molecule has 0 saturated carbocycles. The summed E-state index contributed by atoms with van der Waals surface area (Å²) in [5.41, 5.74) is 3.44. The summed E-state index contributed by atoms with van der Waals surface area (Å²) in [6.07, 6.45) is 1.68. The number of anilines is 1. The third-order valence-corrected chi connectivity index (χ3v) is 7.16. The predicted octanol–water partition coefficient (Wildman–Crippen LogP) is 4.19. The van der Waals surface area contributed by atoms with E-state index in [2.05, 4.69) is 10.3 Å². The minimum Gasteiger partial charge on any atom is -0.497 e. The zero-order valence-corrected chi connectivity index (χ0v) is 19.7. The molecule has 2 aromatic carbocycles. The Morgan fingerprint density at radius 3 is 2.91 bits per heavy atom. The summed E-state index contributed by atoms with van der Waals surface area (Å²) in [7, 11) is 1.63. The normalized spacial score (nSPS) is 15.9. The van der Waals surface area contributed by atoms with E-state index < -0.39 is 0 Å². The van der Waals surface area contributed by atoms with Crippen molar-refractivity contribution in [2.75, 3.05) is 25.1 Å². The topological polar surface area (TPSA) is 87.3 Å². The van der Waals surface area contributed by atoms with Crippen LogP contribution in [0.2, 0.25) is 0 Å². The molecular weight excluding hydrogens is 448 g/mol. The molecule has 0 aliphatic carbocycles. The molecule has 5 rings (SSSR count). The number of hydrogen-bond acceptors (Lipinski definition) is 6. The minimum atomic E-state index is -0.158. The molecule has 1 fully saturated rings. The van der Waals surface area contributed by atoms with Crippen molar-refractivity contribution in [1.29, 1.82) is 0 Å². The molecule has 2 aromatic heterocycles. The van der Waals surface area contributed by atoms with Crippen LogP contribution in [0.25, 0.3) is 21.3 Å². The van der Waals surface area contributed by atoms with E-state index >= 15 is 0 Å². The van der Waals surface area contributed by atoms with Crippen molar-refractivity contribution in [2.45, 2.75) is 19.4 Å². The molecule has 34 heavy (non-hydrogen) atoms. The number of nitrogens with zero attached hydrogens (tertiary/aromatic N) is 2. The quantitative estimate of drug-likeness (QED) is 0.438. The lowest BCUT2D eigenvalue weighted by Crippen LogP contribution is -2.44. The van der Waals surface area contributed by atoms with Crippen LogP contribution >= 0.6 is 11.3 Å². The standard InChI is InChI=1S/C26H26N4O3S/c1-33-20-11-5-9-18(13-20)21-16-34-23-22(21)28-26(29-25(23)32)30-12-6-10-19(15-30)24(31)27-14-17-7-3-2-4-8-17/h2-5,7-9,11,13,16,19H,6,10,12,14-15H2,1H3,(H,27,31)(H,28,29,32). The van der Waals surface area contributed by atoms with Gasteiger partial charge < -0.3 is 15.0 Å². The number of nitrogens with one attached hydrogen (secondary N) is 2. The average molecular weight is 475 g/mol. The van der Waals surface area contributed by atoms with Gasteiger partial charge in [-0.15, -0.1) is 11.3 Å². The Morgan fingerprint density at radius 2 is 2.09 bits per heavy atom. The lowest BCUT2D eigenvalue weighted by atomic mass is 9.97. The molecule has 1 aliphatic rings. The number of thiophene rings is 1. The highest BCUT2D eigenvalue weighted by molar-refractivity contribution is 7.17. The van der Waals surface area contributed by atoms with Crippen molar-refractivity contribution in [1.82, 2.24) is 15.3 Å². The van der Waals surface area contributed by atoms with Crippen molar-refractivity contribution in [3.05, 3.63) is 75.9 Å². The number of benzene rings is 2. The summed E-state index contributed by atoms with van der Waals surface area (Å²) >= 11 is 1.38. The molecule has 1 saturated heterocycles. The summed E-state index contributed by atoms with van der Waals surface area (Å²) in [6.45, 7) is 1.78. The third-order valence-electron chi connectivity index (χ3n) is 6.20. The van der Waals surface area contributed by atoms with Gasteiger partial charge >= 0.3 is 0 Å². The number of ether oxygens (including phenoxy) is 1. The first kappa shape index (κ1) is 22.2. The van der Waals surface area contributed by atoms with E-state index in [1.165, 1.54) is 11.3 Å². The molecule has 1 aliphatic heterocycles. The molecular formula is C26H26N4O3S. The molecule has 4 aromatic rings. The average Bonchev–Trinajstić information content (AvgIpc) is 3.33. The minimum absolute atomic E-state index is 0.0320. The van der Waals surface area contributed by atoms with E-state index in [9.17, 15) is 9.59 Å². The van der Waals surface area contributed by atoms with Gasteiger partial charge in [0.05, 0.1) is 18.5 Å². The van der Waals surface area contributed by atoms with Gasteiger partial charge in [-0.25, -0.2) is 4.98 Å². The van der Waals surface area contributed by atoms with Gasteiger partial charge in [-0.05, 0) is 36.1 Å². The van der Waals surface area contributed by atoms with Gasteiger partial charge in [-0.1, -0.05) is 42.5 Å². The Balaban J connectivity index is 1.38. The smallest absolute Gasteiger partial charge is 0.270 e. The van der Waals surface area contributed by atoms with Crippen molar-refractivity contribution >= 4 is 33.4 Å². The summed E-state index contributed by atoms with van der Waals surface area (Å²) in [5, 5.41) is 5.01. The number of methoxy groups -OCH3 is 1. The van der Waals surface area contributed by atoms with E-state index in [0.29, 0.717) is 29.3 Å². The number of aromatic nitrogens is 2. The highest BCUT2D eigenvalue weighted by Gasteiger charge is 2.27. The van der Waals surface area contributed by atoms with Gasteiger partial charge in [0.2, 0.25) is 11.9 Å². The largest absolute Gasteiger partial charge is 0.497 e. The number of hydrogen-bond donors (Lipinski definition) is 2. The van der Waals surface area contributed by atoms with Gasteiger partial charge in [-0.3, -0.25) is 14.6 Å². The second-order valence-corrected chi connectivity index (χ2v) is 9.32. The summed E-state index contributed by atoms with van der Waals surface area (Å²) in [4.78, 5) is 35.5. The van der Waals surface area contributed by atoms with Gasteiger partial charge in [-0.2, -0.15) is 0 Å². The van der Waals surface area contributed by atoms with Crippen LogP contribution in [-0.2, 0) is 11.3 Å². The lowest BCUT2D eigenvalue weighted by Gasteiger charge is -2.32. The third kappa shape index (κ3) is 4.54. The van der Waals surface area contributed by atoms with Crippen molar-refractivity contribution in [2.24, 2.45) is 5.92 Å². The number of carbonyl (C=O) groups is 1. The van der Waals surface area contributed by atoms with E-state index in [1.54, 1.807) is 7.11 Å². The molecule has 1 amide bonds. The molecule has 2 N–H and O–H groups in total. The number of amides is 1. The maximum Gasteiger partial charge on any atom is 0.270 e. The Bertz CT molecular complexity index is 1370. The van der Waals surface area contributed by atoms with Crippen molar-refractivity contribution in [3.63, 3.8) is 0 Å². The van der Waals surface area contributed by atoms with E-state index in [1.807, 2.05) is 64.9 Å². The van der Waals surface area contributed by atoms with Crippen molar-refractivity contribution < 1.29 is 9.53 Å². The van der Waals surface area contributed by atoms with Crippen LogP contribution < -0.4 is 20.5 Å². The first-order valence-electron chi connectivity index (χ1n) is 11.3. The molecule has 0 radical (unpaired) electrons. The number of H-pyrrole nitrogens is 1. The number of fused-ring (bicyclic) bond motifs is 1. The van der Waals surface area contributed by atoms with Crippen LogP contribution in [0.5, 0.6) is 5.75 Å². The Kier molecular flexibility index (Phi) is 6.31. The first-order chi connectivity index (χ1) is 16.6. The number of rotatable bonds is 6. The molecule has 8 heteroatoms. The summed E-state index contributed by atoms with van der Waals surface area (Å²) in [5.74, 6) is 1.14. The van der Waals surface area contributed by atoms with Crippen LogP contribution in [-0.4, -0.2) is 36.1 Å². The Labute approximate surface area is 201 Å². The molecule has 7 nitrogen and oxygen atoms in total. The SMILES string of the molecule is COc1cccc(-c2csc3c(=O)[nH]c(N4CCCC(C(=O)NCc5ccccc5)C4)nc23)c1. The highest BCUT2D eigenvalue weighted by Crippen LogP contribution is 2.33. The fraction of sp³-hybridized carbons (Fsp3) is 0.269. The Morgan fingerprint density at radius 1 is 1.24 bits per heavy atom. The Hall–Kier alpha value is -3.65.